The molecule has 66 valence electrons. The van der Waals surface area contributed by atoms with E-state index in [4.69, 9.17) is 5.11 Å². The zero-order chi connectivity index (χ0) is 9.30. The lowest BCUT2D eigenvalue weighted by molar-refractivity contribution is 0.415. The molecule has 1 aromatic rings. The molecule has 0 spiro atoms. The molecule has 0 aliphatic rings. The second-order valence-electron chi connectivity index (χ2n) is 3.05. The molecule has 3 N–H and O–H groups in total. The van der Waals surface area contributed by atoms with Gasteiger partial charge in [-0.1, -0.05) is 13.8 Å². The number of phenols is 3. The highest BCUT2D eigenvalue weighted by Crippen LogP contribution is 2.36. The second-order valence-corrected chi connectivity index (χ2v) is 3.05. The molecule has 0 saturated carbocycles. The Balaban J connectivity index is 3.28. The summed E-state index contributed by atoms with van der Waals surface area (Å²) in [5.74, 6) is -0.231. The van der Waals surface area contributed by atoms with Crippen LogP contribution >= 0.6 is 0 Å². The Kier molecular flexibility index (Phi) is 2.13. The van der Waals surface area contributed by atoms with Gasteiger partial charge in [0.25, 0.3) is 0 Å². The molecule has 0 saturated heterocycles. The summed E-state index contributed by atoms with van der Waals surface area (Å²) in [5, 5.41) is 27.6. The van der Waals surface area contributed by atoms with E-state index in [1.807, 2.05) is 13.8 Å². The standard InChI is InChI=1S/C9H12O3/c1-5(2)9-7(11)3-6(10)4-8(9)12/h3-5,10-12H,1-2H3. The van der Waals surface area contributed by atoms with Crippen LogP contribution in [0.3, 0.4) is 0 Å². The summed E-state index contributed by atoms with van der Waals surface area (Å²) in [7, 11) is 0. The summed E-state index contributed by atoms with van der Waals surface area (Å²) in [6.45, 7) is 3.71. The second kappa shape index (κ2) is 2.93. The third kappa shape index (κ3) is 1.44. The Morgan fingerprint density at radius 1 is 1.00 bits per heavy atom. The molecular weight excluding hydrogens is 156 g/mol. The molecule has 1 rings (SSSR count). The number of hydrogen-bond donors (Lipinski definition) is 3. The van der Waals surface area contributed by atoms with Crippen LogP contribution in [-0.4, -0.2) is 15.3 Å². The van der Waals surface area contributed by atoms with Gasteiger partial charge in [-0.3, -0.25) is 0 Å². The van der Waals surface area contributed by atoms with Crippen molar-refractivity contribution in [3.8, 4) is 17.2 Å². The van der Waals surface area contributed by atoms with Crippen molar-refractivity contribution in [3.63, 3.8) is 0 Å². The minimum absolute atomic E-state index is 0.0330. The minimum atomic E-state index is -0.130. The summed E-state index contributed by atoms with van der Waals surface area (Å²) >= 11 is 0. The maximum Gasteiger partial charge on any atom is 0.126 e. The van der Waals surface area contributed by atoms with Gasteiger partial charge in [0, 0.05) is 17.7 Å². The first-order valence-electron chi connectivity index (χ1n) is 3.77. The third-order valence-corrected chi connectivity index (χ3v) is 1.70. The van der Waals surface area contributed by atoms with E-state index < -0.39 is 0 Å². The van der Waals surface area contributed by atoms with Gasteiger partial charge in [-0.15, -0.1) is 0 Å². The van der Waals surface area contributed by atoms with Crippen LogP contribution in [0.5, 0.6) is 17.2 Å². The van der Waals surface area contributed by atoms with Crippen molar-refractivity contribution in [1.82, 2.24) is 0 Å². The average molecular weight is 168 g/mol. The fraction of sp³-hybridized carbons (Fsp3) is 0.333. The predicted octanol–water partition coefficient (Wildman–Crippen LogP) is 1.93. The van der Waals surface area contributed by atoms with E-state index in [0.717, 1.165) is 0 Å². The maximum absolute atomic E-state index is 9.32. The van der Waals surface area contributed by atoms with Crippen molar-refractivity contribution in [2.75, 3.05) is 0 Å². The van der Waals surface area contributed by atoms with Crippen molar-refractivity contribution in [1.29, 1.82) is 0 Å². The fourth-order valence-corrected chi connectivity index (χ4v) is 1.20. The van der Waals surface area contributed by atoms with Gasteiger partial charge in [0.15, 0.2) is 0 Å². The van der Waals surface area contributed by atoms with E-state index in [2.05, 4.69) is 0 Å². The molecule has 12 heavy (non-hydrogen) atoms. The van der Waals surface area contributed by atoms with Gasteiger partial charge in [-0.05, 0) is 5.92 Å². The van der Waals surface area contributed by atoms with Gasteiger partial charge < -0.3 is 15.3 Å². The van der Waals surface area contributed by atoms with Crippen molar-refractivity contribution < 1.29 is 15.3 Å². The van der Waals surface area contributed by atoms with Crippen LogP contribution < -0.4 is 0 Å². The summed E-state index contributed by atoms with van der Waals surface area (Å²) < 4.78 is 0. The molecular formula is C9H12O3. The lowest BCUT2D eigenvalue weighted by Crippen LogP contribution is -1.88. The molecule has 0 aromatic heterocycles. The summed E-state index contributed by atoms with van der Waals surface area (Å²) in [6, 6.07) is 2.43. The Bertz CT molecular complexity index is 269. The van der Waals surface area contributed by atoms with E-state index in [-0.39, 0.29) is 23.2 Å². The zero-order valence-corrected chi connectivity index (χ0v) is 7.07. The number of benzene rings is 1. The van der Waals surface area contributed by atoms with Crippen LogP contribution in [-0.2, 0) is 0 Å². The summed E-state index contributed by atoms with van der Waals surface area (Å²) in [4.78, 5) is 0. The van der Waals surface area contributed by atoms with Gasteiger partial charge in [0.05, 0.1) is 0 Å². The SMILES string of the molecule is CC(C)c1c(O)cc(O)cc1O. The lowest BCUT2D eigenvalue weighted by atomic mass is 10.0. The fourth-order valence-electron chi connectivity index (χ4n) is 1.20. The first kappa shape index (κ1) is 8.71. The van der Waals surface area contributed by atoms with Gasteiger partial charge in [0.1, 0.15) is 17.2 Å². The molecule has 0 radical (unpaired) electrons. The average Bonchev–Trinajstić information content (AvgIpc) is 1.82. The zero-order valence-electron chi connectivity index (χ0n) is 7.07. The molecule has 0 aliphatic heterocycles. The van der Waals surface area contributed by atoms with Gasteiger partial charge >= 0.3 is 0 Å². The topological polar surface area (TPSA) is 60.7 Å². The Hall–Kier alpha value is -1.38. The van der Waals surface area contributed by atoms with Crippen molar-refractivity contribution in [2.24, 2.45) is 0 Å². The number of aromatic hydroxyl groups is 3. The van der Waals surface area contributed by atoms with Crippen molar-refractivity contribution >= 4 is 0 Å². The Labute approximate surface area is 70.9 Å². The highest BCUT2D eigenvalue weighted by molar-refractivity contribution is 5.50. The molecule has 1 aromatic carbocycles. The quantitative estimate of drug-likeness (QED) is 0.600. The minimum Gasteiger partial charge on any atom is -0.508 e. The molecule has 0 fully saturated rings. The summed E-state index contributed by atoms with van der Waals surface area (Å²) in [6.07, 6.45) is 0. The first-order valence-corrected chi connectivity index (χ1v) is 3.77. The Morgan fingerprint density at radius 2 is 1.42 bits per heavy atom. The van der Waals surface area contributed by atoms with E-state index in [9.17, 15) is 10.2 Å². The van der Waals surface area contributed by atoms with Gasteiger partial charge in [-0.2, -0.15) is 0 Å². The Morgan fingerprint density at radius 3 is 1.75 bits per heavy atom. The largest absolute Gasteiger partial charge is 0.508 e. The van der Waals surface area contributed by atoms with Crippen LogP contribution in [0.2, 0.25) is 0 Å². The number of rotatable bonds is 1. The third-order valence-electron chi connectivity index (χ3n) is 1.70. The smallest absolute Gasteiger partial charge is 0.126 e. The van der Waals surface area contributed by atoms with E-state index in [1.165, 1.54) is 12.1 Å². The van der Waals surface area contributed by atoms with E-state index in [1.54, 1.807) is 0 Å². The molecule has 3 heteroatoms. The normalized spacial score (nSPS) is 10.6. The van der Waals surface area contributed by atoms with Gasteiger partial charge in [0.2, 0.25) is 0 Å². The van der Waals surface area contributed by atoms with Crippen molar-refractivity contribution in [2.45, 2.75) is 19.8 Å². The summed E-state index contributed by atoms with van der Waals surface area (Å²) in [5.41, 5.74) is 0.466. The predicted molar refractivity (Wildman–Crippen MR) is 45.5 cm³/mol. The lowest BCUT2D eigenvalue weighted by Gasteiger charge is -2.10. The molecule has 0 heterocycles. The van der Waals surface area contributed by atoms with Crippen LogP contribution in [0.25, 0.3) is 0 Å². The monoisotopic (exact) mass is 168 g/mol. The van der Waals surface area contributed by atoms with E-state index >= 15 is 0 Å². The van der Waals surface area contributed by atoms with Crippen molar-refractivity contribution in [3.05, 3.63) is 17.7 Å². The van der Waals surface area contributed by atoms with Crippen LogP contribution in [0.15, 0.2) is 12.1 Å². The van der Waals surface area contributed by atoms with Crippen LogP contribution in [0.1, 0.15) is 25.3 Å². The molecule has 0 amide bonds. The molecule has 0 unspecified atom stereocenters. The molecule has 0 bridgehead atoms. The van der Waals surface area contributed by atoms with Gasteiger partial charge in [-0.25, -0.2) is 0 Å². The van der Waals surface area contributed by atoms with E-state index in [0.29, 0.717) is 5.56 Å². The number of hydrogen-bond acceptors (Lipinski definition) is 3. The highest BCUT2D eigenvalue weighted by atomic mass is 16.3. The number of phenolic OH excluding ortho intramolecular Hbond substituents is 3. The van der Waals surface area contributed by atoms with Crippen LogP contribution in [0.4, 0.5) is 0 Å². The highest BCUT2D eigenvalue weighted by Gasteiger charge is 2.12. The molecule has 0 atom stereocenters. The first-order chi connectivity index (χ1) is 5.52. The molecule has 0 aliphatic carbocycles. The molecule has 3 nitrogen and oxygen atoms in total. The maximum atomic E-state index is 9.32. The van der Waals surface area contributed by atoms with Crippen LogP contribution in [0, 0.1) is 0 Å².